The first-order valence-corrected chi connectivity index (χ1v) is 4.88. The number of likely N-dealkylation sites (N-methyl/N-ethyl adjacent to an activating group) is 1. The minimum absolute atomic E-state index is 0.951. The molecule has 1 nitrogen and oxygen atoms in total. The molecule has 62 valence electrons. The molecule has 2 heteroatoms. The van der Waals surface area contributed by atoms with E-state index in [0.29, 0.717) is 0 Å². The van der Waals surface area contributed by atoms with Gasteiger partial charge in [0.25, 0.3) is 0 Å². The van der Waals surface area contributed by atoms with Crippen molar-refractivity contribution in [3.8, 4) is 0 Å². The minimum Gasteiger partial charge on any atom is -0.295 e. The van der Waals surface area contributed by atoms with Crippen molar-refractivity contribution < 1.29 is 4.48 Å². The molecule has 0 bridgehead atoms. The molecule has 1 aliphatic rings. The van der Waals surface area contributed by atoms with Crippen molar-refractivity contribution in [3.05, 3.63) is 23.3 Å². The third-order valence-corrected chi connectivity index (χ3v) is 3.35. The molecule has 0 N–H and O–H groups in total. The summed E-state index contributed by atoms with van der Waals surface area (Å²) in [5.41, 5.74) is 1.25. The molecular weight excluding hydrogens is 154 g/mol. The van der Waals surface area contributed by atoms with E-state index >= 15 is 0 Å². The molecule has 0 aromatic rings. The van der Waals surface area contributed by atoms with Gasteiger partial charge in [0.15, 0.2) is 0 Å². The van der Waals surface area contributed by atoms with Crippen molar-refractivity contribution in [2.75, 3.05) is 26.4 Å². The minimum atomic E-state index is 0.951. The zero-order valence-electron chi connectivity index (χ0n) is 7.55. The van der Waals surface area contributed by atoms with Crippen LogP contribution in [-0.2, 0) is 0 Å². The van der Waals surface area contributed by atoms with E-state index in [1.54, 1.807) is 0 Å². The first kappa shape index (κ1) is 8.88. The molecule has 0 aliphatic carbocycles. The molecule has 0 amide bonds. The predicted molar refractivity (Wildman–Crippen MR) is 52.3 cm³/mol. The van der Waals surface area contributed by atoms with Crippen LogP contribution in [-0.4, -0.2) is 30.9 Å². The van der Waals surface area contributed by atoms with E-state index in [-0.39, 0.29) is 0 Å². The molecule has 0 atom stereocenters. The summed E-state index contributed by atoms with van der Waals surface area (Å²) < 4.78 is 0.951. The van der Waals surface area contributed by atoms with E-state index < -0.39 is 0 Å². The summed E-state index contributed by atoms with van der Waals surface area (Å²) in [4.78, 5) is 1.36. The highest BCUT2D eigenvalue weighted by molar-refractivity contribution is 8.03. The van der Waals surface area contributed by atoms with Crippen LogP contribution in [0.5, 0.6) is 0 Å². The van der Waals surface area contributed by atoms with E-state index in [9.17, 15) is 0 Å². The Morgan fingerprint density at radius 3 is 2.64 bits per heavy atom. The highest BCUT2D eigenvalue weighted by Crippen LogP contribution is 2.33. The Labute approximate surface area is 73.4 Å². The molecule has 1 rings (SSSR count). The van der Waals surface area contributed by atoms with Crippen LogP contribution in [0.3, 0.4) is 0 Å². The number of thioether (sulfide) groups is 1. The fourth-order valence-electron chi connectivity index (χ4n) is 1.15. The van der Waals surface area contributed by atoms with Gasteiger partial charge in [0.05, 0.1) is 25.5 Å². The van der Waals surface area contributed by atoms with Crippen molar-refractivity contribution in [3.63, 3.8) is 0 Å². The molecule has 1 saturated heterocycles. The van der Waals surface area contributed by atoms with Gasteiger partial charge in [-0.15, -0.1) is 11.8 Å². The summed E-state index contributed by atoms with van der Waals surface area (Å²) in [5, 5.41) is 0. The maximum absolute atomic E-state index is 4.10. The van der Waals surface area contributed by atoms with Gasteiger partial charge in [0.2, 0.25) is 0 Å². The molecule has 0 aromatic carbocycles. The van der Waals surface area contributed by atoms with E-state index in [1.165, 1.54) is 22.9 Å². The maximum atomic E-state index is 4.10. The van der Waals surface area contributed by atoms with Crippen molar-refractivity contribution in [1.82, 2.24) is 0 Å². The average Bonchev–Trinajstić information content (AvgIpc) is 1.95. The summed E-state index contributed by atoms with van der Waals surface area (Å²) in [6.07, 6.45) is 2.16. The molecule has 0 radical (unpaired) electrons. The fraction of sp³-hybridized carbons (Fsp3) is 0.556. The molecule has 1 aliphatic heterocycles. The number of rotatable bonds is 0. The first-order chi connectivity index (χ1) is 5.08. The van der Waals surface area contributed by atoms with Crippen molar-refractivity contribution in [1.29, 1.82) is 0 Å². The maximum Gasteiger partial charge on any atom is 0.138 e. The molecular formula is C9H16NS+. The number of hydrogen-bond acceptors (Lipinski definition) is 1. The smallest absolute Gasteiger partial charge is 0.138 e. The SMILES string of the molecule is C=C1C(=CC)SCC[N+]1(C)C. The third-order valence-electron chi connectivity index (χ3n) is 2.19. The second-order valence-corrected chi connectivity index (χ2v) is 4.49. The quantitative estimate of drug-likeness (QED) is 0.502. The van der Waals surface area contributed by atoms with Crippen LogP contribution < -0.4 is 0 Å². The van der Waals surface area contributed by atoms with Gasteiger partial charge >= 0.3 is 0 Å². The molecule has 0 spiro atoms. The van der Waals surface area contributed by atoms with E-state index in [1.807, 2.05) is 11.8 Å². The summed E-state index contributed by atoms with van der Waals surface area (Å²) in [6.45, 7) is 7.38. The lowest BCUT2D eigenvalue weighted by atomic mass is 10.3. The van der Waals surface area contributed by atoms with E-state index in [2.05, 4.69) is 33.7 Å². The summed E-state index contributed by atoms with van der Waals surface area (Å²) in [5.74, 6) is 1.21. The van der Waals surface area contributed by atoms with Crippen molar-refractivity contribution >= 4 is 11.8 Å². The van der Waals surface area contributed by atoms with Crippen LogP contribution >= 0.6 is 11.8 Å². The second-order valence-electron chi connectivity index (χ2n) is 3.36. The summed E-state index contributed by atoms with van der Waals surface area (Å²) in [7, 11) is 4.43. The van der Waals surface area contributed by atoms with Gasteiger partial charge in [0.1, 0.15) is 5.70 Å². The van der Waals surface area contributed by atoms with Gasteiger partial charge in [0, 0.05) is 5.75 Å². The van der Waals surface area contributed by atoms with Gasteiger partial charge in [-0.2, -0.15) is 0 Å². The molecule has 0 unspecified atom stereocenters. The highest BCUT2D eigenvalue weighted by Gasteiger charge is 2.27. The molecule has 1 heterocycles. The topological polar surface area (TPSA) is 0 Å². The van der Waals surface area contributed by atoms with E-state index in [0.717, 1.165) is 4.48 Å². The number of hydrogen-bond donors (Lipinski definition) is 0. The molecule has 0 saturated carbocycles. The third kappa shape index (κ3) is 1.68. The average molecular weight is 170 g/mol. The molecule has 0 aromatic heterocycles. The van der Waals surface area contributed by atoms with Crippen LogP contribution in [0, 0.1) is 0 Å². The predicted octanol–water partition coefficient (Wildman–Crippen LogP) is 2.23. The van der Waals surface area contributed by atoms with Gasteiger partial charge in [-0.05, 0) is 13.5 Å². The number of quaternary nitrogens is 1. The Morgan fingerprint density at radius 1 is 1.55 bits per heavy atom. The normalized spacial score (nSPS) is 27.5. The second kappa shape index (κ2) is 3.03. The summed E-state index contributed by atoms with van der Waals surface area (Å²) in [6, 6.07) is 0. The number of allylic oxidation sites excluding steroid dienone is 1. The Morgan fingerprint density at radius 2 is 2.18 bits per heavy atom. The monoisotopic (exact) mass is 170 g/mol. The zero-order valence-corrected chi connectivity index (χ0v) is 8.37. The first-order valence-electron chi connectivity index (χ1n) is 3.90. The van der Waals surface area contributed by atoms with Crippen molar-refractivity contribution in [2.24, 2.45) is 0 Å². The lowest BCUT2D eigenvalue weighted by Crippen LogP contribution is -2.42. The van der Waals surface area contributed by atoms with Gasteiger partial charge in [-0.3, -0.25) is 4.48 Å². The highest BCUT2D eigenvalue weighted by atomic mass is 32.2. The fourth-order valence-corrected chi connectivity index (χ4v) is 2.50. The van der Waals surface area contributed by atoms with Crippen molar-refractivity contribution in [2.45, 2.75) is 6.92 Å². The molecule has 11 heavy (non-hydrogen) atoms. The van der Waals surface area contributed by atoms with Crippen LogP contribution in [0.1, 0.15) is 6.92 Å². The lowest BCUT2D eigenvalue weighted by Gasteiger charge is -2.35. The zero-order chi connectivity index (χ0) is 8.48. The molecule has 1 fully saturated rings. The summed E-state index contributed by atoms with van der Waals surface area (Å²) >= 11 is 1.92. The van der Waals surface area contributed by atoms with Crippen LogP contribution in [0.25, 0.3) is 0 Å². The van der Waals surface area contributed by atoms with Crippen LogP contribution in [0.2, 0.25) is 0 Å². The van der Waals surface area contributed by atoms with Gasteiger partial charge < -0.3 is 0 Å². The Kier molecular flexibility index (Phi) is 2.45. The van der Waals surface area contributed by atoms with Crippen LogP contribution in [0.15, 0.2) is 23.3 Å². The Bertz CT molecular complexity index is 204. The van der Waals surface area contributed by atoms with E-state index in [4.69, 9.17) is 0 Å². The Balaban J connectivity index is 2.85. The standard InChI is InChI=1S/C9H16NS/c1-5-9-8(2)10(3,4)6-7-11-9/h5H,2,6-7H2,1,3-4H3/q+1. The lowest BCUT2D eigenvalue weighted by molar-refractivity contribution is -0.847. The Hall–Kier alpha value is -0.210. The largest absolute Gasteiger partial charge is 0.295 e. The van der Waals surface area contributed by atoms with Crippen LogP contribution in [0.4, 0.5) is 0 Å². The van der Waals surface area contributed by atoms with Gasteiger partial charge in [-0.1, -0.05) is 6.08 Å². The number of nitrogens with zero attached hydrogens (tertiary/aromatic N) is 1. The van der Waals surface area contributed by atoms with Gasteiger partial charge in [-0.25, -0.2) is 0 Å².